The minimum Gasteiger partial charge on any atom is -0.330 e. The quantitative estimate of drug-likeness (QED) is 0.553. The molecule has 0 aliphatic heterocycles. The molecule has 0 radical (unpaired) electrons. The average molecular weight is 195 g/mol. The lowest BCUT2D eigenvalue weighted by atomic mass is 10.1. The molecular weight excluding hydrogens is 177 g/mol. The van der Waals surface area contributed by atoms with Gasteiger partial charge in [0, 0.05) is 0 Å². The molecule has 0 saturated carbocycles. The number of hydrogen-bond donors (Lipinski definition) is 3. The van der Waals surface area contributed by atoms with Gasteiger partial charge in [-0.1, -0.05) is 13.3 Å². The van der Waals surface area contributed by atoms with Gasteiger partial charge >= 0.3 is 7.60 Å². The number of rotatable bonds is 6. The Morgan fingerprint density at radius 2 is 2.00 bits per heavy atom. The minimum atomic E-state index is -3.88. The third-order valence-electron chi connectivity index (χ3n) is 1.84. The van der Waals surface area contributed by atoms with Crippen molar-refractivity contribution in [1.29, 1.82) is 0 Å². The maximum atomic E-state index is 10.9. The fraction of sp³-hybridized carbons (Fsp3) is 1.00. The molecule has 0 bridgehead atoms. The number of hydrogen-bond acceptors (Lipinski definition) is 2. The molecule has 0 aliphatic carbocycles. The Kier molecular flexibility index (Phi) is 5.76. The summed E-state index contributed by atoms with van der Waals surface area (Å²) in [6.07, 6.45) is 2.62. The van der Waals surface area contributed by atoms with E-state index in [4.69, 9.17) is 15.5 Å². The van der Waals surface area contributed by atoms with Crippen molar-refractivity contribution in [2.24, 2.45) is 5.73 Å². The van der Waals surface area contributed by atoms with Crippen LogP contribution in [0.3, 0.4) is 0 Å². The van der Waals surface area contributed by atoms with Crippen LogP contribution < -0.4 is 5.73 Å². The SMILES string of the molecule is CCCC(CCCN)P(=O)(O)O. The zero-order valence-corrected chi connectivity index (χ0v) is 8.33. The fourth-order valence-electron chi connectivity index (χ4n) is 1.17. The molecule has 4 N–H and O–H groups in total. The van der Waals surface area contributed by atoms with Crippen molar-refractivity contribution in [3.63, 3.8) is 0 Å². The predicted octanol–water partition coefficient (Wildman–Crippen LogP) is 1.07. The Morgan fingerprint density at radius 3 is 2.33 bits per heavy atom. The Bertz CT molecular complexity index is 157. The van der Waals surface area contributed by atoms with E-state index >= 15 is 0 Å². The van der Waals surface area contributed by atoms with Crippen LogP contribution in [-0.2, 0) is 4.57 Å². The second-order valence-corrected chi connectivity index (χ2v) is 4.87. The van der Waals surface area contributed by atoms with E-state index in [0.29, 0.717) is 25.8 Å². The Labute approximate surface area is 73.3 Å². The molecule has 0 rings (SSSR count). The standard InChI is InChI=1S/C7H18NO3P/c1-2-4-7(5-3-6-8)12(9,10)11/h7H,2-6,8H2,1H3,(H2,9,10,11). The summed E-state index contributed by atoms with van der Waals surface area (Å²) in [5.74, 6) is 0. The predicted molar refractivity (Wildman–Crippen MR) is 49.0 cm³/mol. The van der Waals surface area contributed by atoms with Crippen LogP contribution >= 0.6 is 7.60 Å². The summed E-state index contributed by atoms with van der Waals surface area (Å²) in [6.45, 7) is 2.42. The summed E-state index contributed by atoms with van der Waals surface area (Å²) in [5, 5.41) is 0. The van der Waals surface area contributed by atoms with Crippen molar-refractivity contribution in [3.8, 4) is 0 Å². The van der Waals surface area contributed by atoms with Gasteiger partial charge in [0.05, 0.1) is 5.66 Å². The third-order valence-corrected chi connectivity index (χ3v) is 3.31. The molecule has 4 nitrogen and oxygen atoms in total. The molecule has 0 fully saturated rings. The molecule has 5 heteroatoms. The highest BCUT2D eigenvalue weighted by Gasteiger charge is 2.26. The molecule has 74 valence electrons. The molecule has 0 aromatic carbocycles. The van der Waals surface area contributed by atoms with Crippen molar-refractivity contribution in [1.82, 2.24) is 0 Å². The maximum absolute atomic E-state index is 10.9. The lowest BCUT2D eigenvalue weighted by Gasteiger charge is -2.16. The highest BCUT2D eigenvalue weighted by atomic mass is 31.2. The van der Waals surface area contributed by atoms with Gasteiger partial charge in [0.25, 0.3) is 0 Å². The van der Waals surface area contributed by atoms with Crippen molar-refractivity contribution < 1.29 is 14.4 Å². The van der Waals surface area contributed by atoms with Crippen molar-refractivity contribution in [2.75, 3.05) is 6.54 Å². The molecule has 0 amide bonds. The lowest BCUT2D eigenvalue weighted by Crippen LogP contribution is -2.11. The molecular formula is C7H18NO3P. The summed E-state index contributed by atoms with van der Waals surface area (Å²) in [4.78, 5) is 17.8. The second-order valence-electron chi connectivity index (χ2n) is 2.96. The highest BCUT2D eigenvalue weighted by molar-refractivity contribution is 7.52. The molecule has 1 atom stereocenters. The van der Waals surface area contributed by atoms with Gasteiger partial charge < -0.3 is 15.5 Å². The molecule has 1 unspecified atom stereocenters. The van der Waals surface area contributed by atoms with Gasteiger partial charge in [0.15, 0.2) is 0 Å². The smallest absolute Gasteiger partial charge is 0.328 e. The first kappa shape index (κ1) is 12.1. The Morgan fingerprint density at radius 1 is 1.42 bits per heavy atom. The summed E-state index contributed by atoms with van der Waals surface area (Å²) < 4.78 is 10.9. The van der Waals surface area contributed by atoms with Crippen LogP contribution in [0, 0.1) is 0 Å². The van der Waals surface area contributed by atoms with E-state index in [-0.39, 0.29) is 0 Å². The van der Waals surface area contributed by atoms with E-state index in [2.05, 4.69) is 0 Å². The first-order valence-corrected chi connectivity index (χ1v) is 5.95. The fourth-order valence-corrected chi connectivity index (χ4v) is 2.28. The monoisotopic (exact) mass is 195 g/mol. The molecule has 0 aromatic rings. The van der Waals surface area contributed by atoms with E-state index < -0.39 is 13.3 Å². The van der Waals surface area contributed by atoms with Crippen molar-refractivity contribution >= 4 is 7.60 Å². The lowest BCUT2D eigenvalue weighted by molar-refractivity contribution is 0.349. The van der Waals surface area contributed by atoms with Crippen LogP contribution in [0.25, 0.3) is 0 Å². The highest BCUT2D eigenvalue weighted by Crippen LogP contribution is 2.45. The van der Waals surface area contributed by atoms with Gasteiger partial charge in [-0.25, -0.2) is 0 Å². The Hall–Kier alpha value is 0.110. The van der Waals surface area contributed by atoms with E-state index in [1.165, 1.54) is 0 Å². The third kappa shape index (κ3) is 4.88. The summed E-state index contributed by atoms with van der Waals surface area (Å²) in [5.41, 5.74) is 4.78. The van der Waals surface area contributed by atoms with Gasteiger partial charge in [-0.3, -0.25) is 4.57 Å². The van der Waals surface area contributed by atoms with Crippen LogP contribution in [0.4, 0.5) is 0 Å². The zero-order valence-electron chi connectivity index (χ0n) is 7.44. The summed E-state index contributed by atoms with van der Waals surface area (Å²) in [6, 6.07) is 0. The van der Waals surface area contributed by atoms with Crippen LogP contribution in [-0.4, -0.2) is 22.0 Å². The summed E-state index contributed by atoms with van der Waals surface area (Å²) >= 11 is 0. The van der Waals surface area contributed by atoms with E-state index in [0.717, 1.165) is 6.42 Å². The summed E-state index contributed by atoms with van der Waals surface area (Å²) in [7, 11) is -3.88. The van der Waals surface area contributed by atoms with E-state index in [9.17, 15) is 4.57 Å². The van der Waals surface area contributed by atoms with Crippen molar-refractivity contribution in [2.45, 2.75) is 38.3 Å². The maximum Gasteiger partial charge on any atom is 0.328 e. The molecule has 0 spiro atoms. The largest absolute Gasteiger partial charge is 0.330 e. The van der Waals surface area contributed by atoms with Gasteiger partial charge in [0.2, 0.25) is 0 Å². The first-order valence-electron chi connectivity index (χ1n) is 4.27. The van der Waals surface area contributed by atoms with Crippen LogP contribution in [0.1, 0.15) is 32.6 Å². The van der Waals surface area contributed by atoms with Crippen LogP contribution in [0.15, 0.2) is 0 Å². The zero-order chi connectivity index (χ0) is 9.61. The normalized spacial score (nSPS) is 14.7. The Balaban J connectivity index is 3.95. The molecule has 0 aliphatic rings. The molecule has 0 aromatic heterocycles. The average Bonchev–Trinajstić information content (AvgIpc) is 1.95. The van der Waals surface area contributed by atoms with Crippen molar-refractivity contribution in [3.05, 3.63) is 0 Å². The van der Waals surface area contributed by atoms with E-state index in [1.54, 1.807) is 0 Å². The van der Waals surface area contributed by atoms with Gasteiger partial charge in [-0.15, -0.1) is 0 Å². The van der Waals surface area contributed by atoms with Crippen LogP contribution in [0.5, 0.6) is 0 Å². The van der Waals surface area contributed by atoms with Crippen LogP contribution in [0.2, 0.25) is 0 Å². The first-order chi connectivity index (χ1) is 5.52. The molecule has 0 heterocycles. The topological polar surface area (TPSA) is 83.6 Å². The number of nitrogens with two attached hydrogens (primary N) is 1. The molecule has 12 heavy (non-hydrogen) atoms. The van der Waals surface area contributed by atoms with E-state index in [1.807, 2.05) is 6.92 Å². The van der Waals surface area contributed by atoms with Gasteiger partial charge in [-0.2, -0.15) is 0 Å². The molecule has 0 saturated heterocycles. The van der Waals surface area contributed by atoms with Gasteiger partial charge in [0.1, 0.15) is 0 Å². The second kappa shape index (κ2) is 5.70. The van der Waals surface area contributed by atoms with Gasteiger partial charge in [-0.05, 0) is 25.8 Å². The minimum absolute atomic E-state index is 0.481.